The molecule has 1 aliphatic rings. The van der Waals surface area contributed by atoms with Gasteiger partial charge in [-0.2, -0.15) is 0 Å². The number of nitrogens with one attached hydrogen (secondary N) is 1. The van der Waals surface area contributed by atoms with Crippen molar-refractivity contribution in [3.8, 4) is 0 Å². The van der Waals surface area contributed by atoms with Crippen LogP contribution in [-0.4, -0.2) is 5.91 Å². The van der Waals surface area contributed by atoms with E-state index in [4.69, 9.17) is 0 Å². The molecule has 96 valence electrons. The van der Waals surface area contributed by atoms with E-state index < -0.39 is 0 Å². The van der Waals surface area contributed by atoms with Gasteiger partial charge >= 0.3 is 0 Å². The number of anilines is 1. The number of hydrogen-bond acceptors (Lipinski definition) is 1. The molecule has 0 aliphatic heterocycles. The van der Waals surface area contributed by atoms with Crippen LogP contribution in [0.1, 0.15) is 17.9 Å². The molecule has 2 aromatic carbocycles. The van der Waals surface area contributed by atoms with E-state index in [2.05, 4.69) is 33.4 Å². The van der Waals surface area contributed by atoms with Gasteiger partial charge in [0.2, 0.25) is 5.91 Å². The Morgan fingerprint density at radius 3 is 2.63 bits per heavy atom. The summed E-state index contributed by atoms with van der Waals surface area (Å²) >= 11 is 3.40. The second-order valence-electron chi connectivity index (χ2n) is 4.86. The molecular weight excluding hydrogens is 302 g/mol. The van der Waals surface area contributed by atoms with Gasteiger partial charge in [0.05, 0.1) is 0 Å². The molecule has 0 aromatic heterocycles. The summed E-state index contributed by atoms with van der Waals surface area (Å²) in [7, 11) is 0. The van der Waals surface area contributed by atoms with Crippen molar-refractivity contribution in [2.75, 3.05) is 5.32 Å². The van der Waals surface area contributed by atoms with Crippen LogP contribution < -0.4 is 5.32 Å². The minimum atomic E-state index is 0.112. The molecule has 1 N–H and O–H groups in total. The molecule has 1 aliphatic carbocycles. The zero-order chi connectivity index (χ0) is 13.2. The van der Waals surface area contributed by atoms with Crippen LogP contribution >= 0.6 is 15.9 Å². The van der Waals surface area contributed by atoms with Crippen molar-refractivity contribution in [3.63, 3.8) is 0 Å². The number of benzene rings is 2. The number of hydrogen-bond donors (Lipinski definition) is 1. The summed E-state index contributed by atoms with van der Waals surface area (Å²) in [4.78, 5) is 12.1. The smallest absolute Gasteiger partial charge is 0.228 e. The first-order valence-corrected chi connectivity index (χ1v) is 7.15. The van der Waals surface area contributed by atoms with E-state index in [-0.39, 0.29) is 11.8 Å². The lowest BCUT2D eigenvalue weighted by atomic mass is 10.1. The number of halogens is 1. The van der Waals surface area contributed by atoms with Crippen LogP contribution in [0.15, 0.2) is 59.1 Å². The minimum absolute atomic E-state index is 0.112. The molecule has 0 saturated heterocycles. The van der Waals surface area contributed by atoms with Crippen molar-refractivity contribution in [2.24, 2.45) is 5.92 Å². The lowest BCUT2D eigenvalue weighted by molar-refractivity contribution is -0.117. The largest absolute Gasteiger partial charge is 0.326 e. The lowest BCUT2D eigenvalue weighted by Gasteiger charge is -2.05. The second-order valence-corrected chi connectivity index (χ2v) is 5.77. The van der Waals surface area contributed by atoms with Crippen LogP contribution in [0.5, 0.6) is 0 Å². The van der Waals surface area contributed by atoms with Crippen molar-refractivity contribution in [3.05, 3.63) is 64.6 Å². The van der Waals surface area contributed by atoms with Crippen LogP contribution in [0.4, 0.5) is 5.69 Å². The van der Waals surface area contributed by atoms with Crippen molar-refractivity contribution < 1.29 is 4.79 Å². The summed E-state index contributed by atoms with van der Waals surface area (Å²) in [6, 6.07) is 17.9. The highest BCUT2D eigenvalue weighted by Crippen LogP contribution is 2.47. The van der Waals surface area contributed by atoms with Crippen LogP contribution in [0.3, 0.4) is 0 Å². The van der Waals surface area contributed by atoms with Gasteiger partial charge in [-0.15, -0.1) is 0 Å². The maximum Gasteiger partial charge on any atom is 0.228 e. The molecule has 3 heteroatoms. The Hall–Kier alpha value is -1.61. The fraction of sp³-hybridized carbons (Fsp3) is 0.188. The monoisotopic (exact) mass is 315 g/mol. The first-order valence-electron chi connectivity index (χ1n) is 6.35. The van der Waals surface area contributed by atoms with E-state index in [0.29, 0.717) is 5.92 Å². The van der Waals surface area contributed by atoms with Gasteiger partial charge in [-0.1, -0.05) is 52.3 Å². The third-order valence-electron chi connectivity index (χ3n) is 3.45. The minimum Gasteiger partial charge on any atom is -0.326 e. The summed E-state index contributed by atoms with van der Waals surface area (Å²) in [5.74, 6) is 0.613. The van der Waals surface area contributed by atoms with E-state index in [1.165, 1.54) is 5.56 Å². The molecule has 0 heterocycles. The summed E-state index contributed by atoms with van der Waals surface area (Å²) in [5.41, 5.74) is 2.11. The van der Waals surface area contributed by atoms with Gasteiger partial charge in [0.1, 0.15) is 0 Å². The Morgan fingerprint density at radius 2 is 1.89 bits per heavy atom. The first-order chi connectivity index (χ1) is 9.24. The average Bonchev–Trinajstić information content (AvgIpc) is 3.20. The lowest BCUT2D eigenvalue weighted by Crippen LogP contribution is -2.14. The standard InChI is InChI=1S/C16H14BrNO/c17-12-7-4-8-13(9-12)18-16(19)15-10-14(15)11-5-2-1-3-6-11/h1-9,14-15H,10H2,(H,18,19)/t14-,15+/m0/s1. The molecule has 0 bridgehead atoms. The predicted octanol–water partition coefficient (Wildman–Crippen LogP) is 4.19. The molecule has 19 heavy (non-hydrogen) atoms. The first kappa shape index (κ1) is 12.4. The highest BCUT2D eigenvalue weighted by atomic mass is 79.9. The van der Waals surface area contributed by atoms with Crippen molar-refractivity contribution in [1.82, 2.24) is 0 Å². The molecular formula is C16H14BrNO. The van der Waals surface area contributed by atoms with Gasteiger partial charge in [-0.25, -0.2) is 0 Å². The topological polar surface area (TPSA) is 29.1 Å². The third-order valence-corrected chi connectivity index (χ3v) is 3.94. The highest BCUT2D eigenvalue weighted by molar-refractivity contribution is 9.10. The predicted molar refractivity (Wildman–Crippen MR) is 80.1 cm³/mol. The van der Waals surface area contributed by atoms with E-state index in [9.17, 15) is 4.79 Å². The SMILES string of the molecule is O=C(Nc1cccc(Br)c1)[C@@H]1C[C@H]1c1ccccc1. The van der Waals surface area contributed by atoms with Crippen LogP contribution in [0, 0.1) is 5.92 Å². The Kier molecular flexibility index (Phi) is 3.38. The summed E-state index contributed by atoms with van der Waals surface area (Å²) in [6.45, 7) is 0. The van der Waals surface area contributed by atoms with Gasteiger partial charge < -0.3 is 5.32 Å². The molecule has 0 unspecified atom stereocenters. The Labute approximate surface area is 121 Å². The summed E-state index contributed by atoms with van der Waals surface area (Å²) in [5, 5.41) is 2.98. The zero-order valence-corrected chi connectivity index (χ0v) is 11.9. The molecule has 0 spiro atoms. The number of amides is 1. The third kappa shape index (κ3) is 2.87. The number of carbonyl (C=O) groups is 1. The average molecular weight is 316 g/mol. The Bertz CT molecular complexity index is 597. The van der Waals surface area contributed by atoms with Gasteiger partial charge in [-0.3, -0.25) is 4.79 Å². The van der Waals surface area contributed by atoms with E-state index in [1.54, 1.807) is 0 Å². The molecule has 2 nitrogen and oxygen atoms in total. The molecule has 2 aromatic rings. The molecule has 1 saturated carbocycles. The normalized spacial score (nSPS) is 20.9. The van der Waals surface area contributed by atoms with Crippen LogP contribution in [0.25, 0.3) is 0 Å². The fourth-order valence-corrected chi connectivity index (χ4v) is 2.75. The molecule has 0 radical (unpaired) electrons. The van der Waals surface area contributed by atoms with Crippen LogP contribution in [-0.2, 0) is 4.79 Å². The van der Waals surface area contributed by atoms with E-state index in [1.807, 2.05) is 42.5 Å². The molecule has 2 atom stereocenters. The molecule has 1 fully saturated rings. The zero-order valence-electron chi connectivity index (χ0n) is 10.3. The van der Waals surface area contributed by atoms with Crippen LogP contribution in [0.2, 0.25) is 0 Å². The van der Waals surface area contributed by atoms with Gasteiger partial charge in [0.25, 0.3) is 0 Å². The molecule has 1 amide bonds. The fourth-order valence-electron chi connectivity index (χ4n) is 2.35. The van der Waals surface area contributed by atoms with Crippen molar-refractivity contribution >= 4 is 27.5 Å². The Morgan fingerprint density at radius 1 is 1.11 bits per heavy atom. The van der Waals surface area contributed by atoms with Gasteiger partial charge in [0.15, 0.2) is 0 Å². The summed E-state index contributed by atoms with van der Waals surface area (Å²) < 4.78 is 0.973. The second kappa shape index (κ2) is 5.17. The maximum atomic E-state index is 12.1. The number of rotatable bonds is 3. The maximum absolute atomic E-state index is 12.1. The number of carbonyl (C=O) groups excluding carboxylic acids is 1. The van der Waals surface area contributed by atoms with E-state index in [0.717, 1.165) is 16.6 Å². The van der Waals surface area contributed by atoms with Crippen molar-refractivity contribution in [1.29, 1.82) is 0 Å². The Balaban J connectivity index is 1.64. The van der Waals surface area contributed by atoms with Crippen molar-refractivity contribution in [2.45, 2.75) is 12.3 Å². The highest BCUT2D eigenvalue weighted by Gasteiger charge is 2.43. The quantitative estimate of drug-likeness (QED) is 0.904. The van der Waals surface area contributed by atoms with E-state index >= 15 is 0 Å². The molecule has 3 rings (SSSR count). The van der Waals surface area contributed by atoms with Gasteiger partial charge in [-0.05, 0) is 36.1 Å². The summed E-state index contributed by atoms with van der Waals surface area (Å²) in [6.07, 6.45) is 0.948. The van der Waals surface area contributed by atoms with Gasteiger partial charge in [0, 0.05) is 16.1 Å².